The Morgan fingerprint density at radius 2 is 1.45 bits per heavy atom. The quantitative estimate of drug-likeness (QED) is 0.454. The van der Waals surface area contributed by atoms with E-state index in [9.17, 15) is 9.59 Å². The van der Waals surface area contributed by atoms with E-state index in [1.807, 2.05) is 41.8 Å². The van der Waals surface area contributed by atoms with Gasteiger partial charge in [-0.15, -0.1) is 11.8 Å². The molecule has 0 aromatic heterocycles. The first kappa shape index (κ1) is 23.8. The molecule has 0 saturated carbocycles. The number of amides is 2. The minimum absolute atomic E-state index is 0.0994. The number of hydrogen-bond donors (Lipinski definition) is 0. The molecular formula is C24H34N2O4S. The van der Waals surface area contributed by atoms with Crippen molar-refractivity contribution in [1.82, 2.24) is 9.80 Å². The van der Waals surface area contributed by atoms with E-state index in [1.54, 1.807) is 11.8 Å². The molecule has 0 unspecified atom stereocenters. The van der Waals surface area contributed by atoms with Gasteiger partial charge in [0.05, 0.1) is 32.3 Å². The SMILES string of the molecule is C=C(C[C@H](C)C(=O)N1CCOCC1)[C@@H](Sc1ccccc1)[C@@H](C)C(=O)N1CCOCC1. The number of rotatable bonds is 8. The Morgan fingerprint density at radius 1 is 0.935 bits per heavy atom. The maximum atomic E-state index is 13.2. The lowest BCUT2D eigenvalue weighted by atomic mass is 9.92. The molecule has 3 atom stereocenters. The molecule has 0 spiro atoms. The van der Waals surface area contributed by atoms with Crippen LogP contribution in [0.1, 0.15) is 20.3 Å². The molecule has 1 aromatic rings. The van der Waals surface area contributed by atoms with Crippen molar-refractivity contribution in [2.75, 3.05) is 52.6 Å². The summed E-state index contributed by atoms with van der Waals surface area (Å²) in [6.45, 7) is 13.2. The third-order valence-electron chi connectivity index (χ3n) is 5.89. The number of carbonyl (C=O) groups excluding carboxylic acids is 2. The molecule has 1 aromatic carbocycles. The van der Waals surface area contributed by atoms with Gasteiger partial charge in [-0.1, -0.05) is 44.2 Å². The summed E-state index contributed by atoms with van der Waals surface area (Å²) in [4.78, 5) is 31.0. The lowest BCUT2D eigenvalue weighted by Crippen LogP contribution is -2.46. The monoisotopic (exact) mass is 446 g/mol. The second kappa shape index (κ2) is 11.7. The molecule has 3 rings (SSSR count). The highest BCUT2D eigenvalue weighted by Gasteiger charge is 2.33. The summed E-state index contributed by atoms with van der Waals surface area (Å²) in [5.74, 6) is -0.137. The third-order valence-corrected chi connectivity index (χ3v) is 7.43. The van der Waals surface area contributed by atoms with Gasteiger partial charge in [0.25, 0.3) is 0 Å². The highest BCUT2D eigenvalue weighted by molar-refractivity contribution is 8.00. The van der Waals surface area contributed by atoms with Gasteiger partial charge in [-0.25, -0.2) is 0 Å². The van der Waals surface area contributed by atoms with E-state index in [1.165, 1.54) is 0 Å². The van der Waals surface area contributed by atoms with Crippen molar-refractivity contribution in [3.63, 3.8) is 0 Å². The maximum absolute atomic E-state index is 13.2. The first-order valence-corrected chi connectivity index (χ1v) is 12.0. The number of benzene rings is 1. The van der Waals surface area contributed by atoms with Crippen LogP contribution in [0.2, 0.25) is 0 Å². The lowest BCUT2D eigenvalue weighted by molar-refractivity contribution is -0.139. The minimum atomic E-state index is -0.235. The van der Waals surface area contributed by atoms with Gasteiger partial charge in [0, 0.05) is 42.2 Å². The van der Waals surface area contributed by atoms with Crippen LogP contribution in [0.25, 0.3) is 0 Å². The molecule has 7 heteroatoms. The van der Waals surface area contributed by atoms with E-state index in [-0.39, 0.29) is 28.9 Å². The van der Waals surface area contributed by atoms with E-state index < -0.39 is 0 Å². The van der Waals surface area contributed by atoms with Gasteiger partial charge in [0.15, 0.2) is 0 Å². The van der Waals surface area contributed by atoms with Crippen LogP contribution >= 0.6 is 11.8 Å². The van der Waals surface area contributed by atoms with Crippen molar-refractivity contribution < 1.29 is 19.1 Å². The summed E-state index contributed by atoms with van der Waals surface area (Å²) in [6.07, 6.45) is 0.571. The Morgan fingerprint density at radius 3 is 2.00 bits per heavy atom. The van der Waals surface area contributed by atoms with Crippen LogP contribution < -0.4 is 0 Å². The fourth-order valence-corrected chi connectivity index (χ4v) is 5.27. The van der Waals surface area contributed by atoms with E-state index in [2.05, 4.69) is 18.7 Å². The molecule has 6 nitrogen and oxygen atoms in total. The Labute approximate surface area is 189 Å². The molecule has 2 fully saturated rings. The standard InChI is InChI=1S/C24H34N2O4S/c1-18(17-19(2)23(27)25-9-13-29-14-10-25)22(31-21-7-5-4-6-8-21)20(3)24(28)26-11-15-30-16-12-26/h4-8,19-20,22H,1,9-17H2,2-3H3/t19-,20+,22+/m0/s1. The van der Waals surface area contributed by atoms with Crippen molar-refractivity contribution in [2.45, 2.75) is 30.4 Å². The summed E-state index contributed by atoms with van der Waals surface area (Å²) in [5.41, 5.74) is 0.942. The summed E-state index contributed by atoms with van der Waals surface area (Å²) in [6, 6.07) is 10.1. The molecule has 2 aliphatic heterocycles. The molecular weight excluding hydrogens is 412 g/mol. The van der Waals surface area contributed by atoms with E-state index in [0.29, 0.717) is 59.0 Å². The molecule has 0 bridgehead atoms. The predicted molar refractivity (Wildman–Crippen MR) is 123 cm³/mol. The Hall–Kier alpha value is -1.83. The molecule has 0 N–H and O–H groups in total. The largest absolute Gasteiger partial charge is 0.378 e. The van der Waals surface area contributed by atoms with Crippen LogP contribution in [0, 0.1) is 11.8 Å². The molecule has 2 saturated heterocycles. The Balaban J connectivity index is 1.70. The normalized spacial score (nSPS) is 20.1. The number of ether oxygens (including phenoxy) is 2. The van der Waals surface area contributed by atoms with Gasteiger partial charge in [0.2, 0.25) is 11.8 Å². The smallest absolute Gasteiger partial charge is 0.227 e. The van der Waals surface area contributed by atoms with Crippen molar-refractivity contribution in [3.8, 4) is 0 Å². The molecule has 0 radical (unpaired) electrons. The highest BCUT2D eigenvalue weighted by Crippen LogP contribution is 2.36. The van der Waals surface area contributed by atoms with Crippen molar-refractivity contribution in [1.29, 1.82) is 0 Å². The van der Waals surface area contributed by atoms with E-state index in [4.69, 9.17) is 9.47 Å². The molecule has 2 aliphatic rings. The van der Waals surface area contributed by atoms with Gasteiger partial charge < -0.3 is 19.3 Å². The zero-order chi connectivity index (χ0) is 22.2. The summed E-state index contributed by atoms with van der Waals surface area (Å²) in [5, 5.41) is -0.0994. The van der Waals surface area contributed by atoms with Gasteiger partial charge in [-0.2, -0.15) is 0 Å². The number of thioether (sulfide) groups is 1. The topological polar surface area (TPSA) is 59.1 Å². The van der Waals surface area contributed by atoms with Crippen LogP contribution in [0.5, 0.6) is 0 Å². The summed E-state index contributed by atoms with van der Waals surface area (Å²) >= 11 is 1.66. The molecule has 170 valence electrons. The van der Waals surface area contributed by atoms with Crippen LogP contribution in [-0.2, 0) is 19.1 Å². The minimum Gasteiger partial charge on any atom is -0.378 e. The van der Waals surface area contributed by atoms with Gasteiger partial charge in [-0.3, -0.25) is 9.59 Å². The third kappa shape index (κ3) is 6.57. The van der Waals surface area contributed by atoms with Crippen LogP contribution in [-0.4, -0.2) is 79.5 Å². The van der Waals surface area contributed by atoms with Crippen molar-refractivity contribution in [3.05, 3.63) is 42.5 Å². The molecule has 2 amide bonds. The number of carbonyl (C=O) groups is 2. The predicted octanol–water partition coefficient (Wildman–Crippen LogP) is 3.08. The lowest BCUT2D eigenvalue weighted by Gasteiger charge is -2.34. The zero-order valence-electron chi connectivity index (χ0n) is 18.6. The van der Waals surface area contributed by atoms with Crippen molar-refractivity contribution in [2.24, 2.45) is 11.8 Å². The van der Waals surface area contributed by atoms with Crippen molar-refractivity contribution >= 4 is 23.6 Å². The molecule has 2 heterocycles. The Kier molecular flexibility index (Phi) is 8.99. The first-order chi connectivity index (χ1) is 15.0. The summed E-state index contributed by atoms with van der Waals surface area (Å²) in [7, 11) is 0. The number of morpholine rings is 2. The average molecular weight is 447 g/mol. The van der Waals surface area contributed by atoms with E-state index in [0.717, 1.165) is 10.5 Å². The van der Waals surface area contributed by atoms with Crippen LogP contribution in [0.15, 0.2) is 47.4 Å². The fourth-order valence-electron chi connectivity index (χ4n) is 4.08. The number of nitrogens with zero attached hydrogens (tertiary/aromatic N) is 2. The van der Waals surface area contributed by atoms with Gasteiger partial charge >= 0.3 is 0 Å². The molecule has 0 aliphatic carbocycles. The second-order valence-electron chi connectivity index (χ2n) is 8.28. The average Bonchev–Trinajstić information content (AvgIpc) is 2.82. The van der Waals surface area contributed by atoms with Crippen LogP contribution in [0.3, 0.4) is 0 Å². The number of hydrogen-bond acceptors (Lipinski definition) is 5. The highest BCUT2D eigenvalue weighted by atomic mass is 32.2. The summed E-state index contributed by atoms with van der Waals surface area (Å²) < 4.78 is 10.8. The molecule has 31 heavy (non-hydrogen) atoms. The maximum Gasteiger partial charge on any atom is 0.227 e. The van der Waals surface area contributed by atoms with Gasteiger partial charge in [-0.05, 0) is 18.6 Å². The van der Waals surface area contributed by atoms with Crippen LogP contribution in [0.4, 0.5) is 0 Å². The first-order valence-electron chi connectivity index (χ1n) is 11.1. The fraction of sp³-hybridized carbons (Fsp3) is 0.583. The second-order valence-corrected chi connectivity index (χ2v) is 9.49. The zero-order valence-corrected chi connectivity index (χ0v) is 19.4. The van der Waals surface area contributed by atoms with E-state index >= 15 is 0 Å². The van der Waals surface area contributed by atoms with Gasteiger partial charge in [0.1, 0.15) is 0 Å². The Bertz CT molecular complexity index is 745.